The average molecular weight is 750 g/mol. The Balaban J connectivity index is 2.97. The minimum absolute atomic E-state index is 0.00724. The van der Waals surface area contributed by atoms with Gasteiger partial charge in [-0.3, -0.25) is 44.9 Å². The summed E-state index contributed by atoms with van der Waals surface area (Å²) in [5, 5.41) is 46.6. The summed E-state index contributed by atoms with van der Waals surface area (Å²) in [6.07, 6.45) is -0.0820. The van der Waals surface area contributed by atoms with E-state index in [1.54, 1.807) is 12.1 Å². The second kappa shape index (κ2) is 23.0. The highest BCUT2D eigenvalue weighted by atomic mass is 16.6. The van der Waals surface area contributed by atoms with Crippen molar-refractivity contribution < 1.29 is 48.5 Å². The average Bonchev–Trinajstić information content (AvgIpc) is 3.08. The van der Waals surface area contributed by atoms with E-state index in [2.05, 4.69) is 26.6 Å². The molecule has 0 aliphatic carbocycles. The summed E-state index contributed by atoms with van der Waals surface area (Å²) in [6, 6.07) is -0.0666. The predicted octanol–water partition coefficient (Wildman–Crippen LogP) is -3.65. The van der Waals surface area contributed by atoms with Gasteiger partial charge in [-0.15, -0.1) is 0 Å². The Morgan fingerprint density at radius 1 is 0.868 bits per heavy atom. The van der Waals surface area contributed by atoms with Crippen LogP contribution in [0.15, 0.2) is 24.3 Å². The minimum Gasteiger partial charge on any atom is -0.508 e. The van der Waals surface area contributed by atoms with Crippen LogP contribution in [-0.2, 0) is 44.7 Å². The van der Waals surface area contributed by atoms with Crippen molar-refractivity contribution in [3.63, 3.8) is 0 Å². The number of benzene rings is 1. The molecular formula is C32H51N11O10. The number of likely N-dealkylation sites (N-methyl/N-ethyl adjacent to an activating group) is 1. The van der Waals surface area contributed by atoms with Crippen molar-refractivity contribution in [1.82, 2.24) is 31.5 Å². The normalized spacial score (nSPS) is 13.6. The second-order valence-corrected chi connectivity index (χ2v) is 12.2. The van der Waals surface area contributed by atoms with Gasteiger partial charge < -0.3 is 58.3 Å². The van der Waals surface area contributed by atoms with E-state index >= 15 is 0 Å². The molecule has 0 aliphatic heterocycles. The van der Waals surface area contributed by atoms with Crippen LogP contribution in [0.5, 0.6) is 5.75 Å². The molecule has 0 aromatic heterocycles. The molecule has 5 unspecified atom stereocenters. The summed E-state index contributed by atoms with van der Waals surface area (Å²) < 4.78 is 4.82. The first-order chi connectivity index (χ1) is 24.8. The van der Waals surface area contributed by atoms with Gasteiger partial charge in [-0.2, -0.15) is 0 Å². The Hall–Kier alpha value is -5.67. The quantitative estimate of drug-likeness (QED) is 0.0210. The molecule has 1 aromatic rings. The number of Topliss-reactive ketones (excluding diaryl/α,β-unsaturated/α-hetero) is 2. The number of esters is 1. The smallest absolute Gasteiger partial charge is 0.333 e. The lowest BCUT2D eigenvalue weighted by Gasteiger charge is -2.23. The lowest BCUT2D eigenvalue weighted by molar-refractivity contribution is -0.139. The SMILES string of the molecule is CC(NCC(=O)C(CCC(N)=O)NCC(=O)C(CCCNC(=N)OC(=O)CN(C)C(=N)N)NC(=O)C(C)NC(=O)C(N)Cc1ccc(O)cc1)C(=O)O. The number of guanidine groups is 1. The number of rotatable bonds is 24. The number of aromatic hydroxyl groups is 1. The van der Waals surface area contributed by atoms with Gasteiger partial charge in [0.25, 0.3) is 6.02 Å². The molecule has 1 aromatic carbocycles. The maximum Gasteiger partial charge on any atom is 0.333 e. The number of hydrogen-bond acceptors (Lipinski definition) is 14. The number of carbonyl (C=O) groups excluding carboxylic acids is 6. The summed E-state index contributed by atoms with van der Waals surface area (Å²) >= 11 is 0. The van der Waals surface area contributed by atoms with E-state index in [1.165, 1.54) is 33.0 Å². The first-order valence-corrected chi connectivity index (χ1v) is 16.6. The van der Waals surface area contributed by atoms with Crippen molar-refractivity contribution >= 4 is 53.2 Å². The molecule has 0 spiro atoms. The van der Waals surface area contributed by atoms with Crippen molar-refractivity contribution in [2.45, 2.75) is 76.2 Å². The van der Waals surface area contributed by atoms with Crippen LogP contribution in [0.1, 0.15) is 45.1 Å². The number of ether oxygens (including phenoxy) is 1. The number of nitrogens with one attached hydrogen (secondary N) is 7. The van der Waals surface area contributed by atoms with Crippen LogP contribution >= 0.6 is 0 Å². The molecule has 0 saturated carbocycles. The Kier molecular flexibility index (Phi) is 19.7. The highest BCUT2D eigenvalue weighted by Gasteiger charge is 2.28. The number of amidine groups is 1. The zero-order valence-electron chi connectivity index (χ0n) is 29.9. The van der Waals surface area contributed by atoms with Gasteiger partial charge in [0.2, 0.25) is 17.7 Å². The van der Waals surface area contributed by atoms with Gasteiger partial charge in [0.1, 0.15) is 24.4 Å². The van der Waals surface area contributed by atoms with Crippen molar-refractivity contribution in [1.29, 1.82) is 10.8 Å². The molecule has 3 amide bonds. The second-order valence-electron chi connectivity index (χ2n) is 12.2. The molecule has 5 atom stereocenters. The number of amides is 3. The summed E-state index contributed by atoms with van der Waals surface area (Å²) in [5.74, 6) is -5.64. The third-order valence-electron chi connectivity index (χ3n) is 7.68. The lowest BCUT2D eigenvalue weighted by atomic mass is 10.0. The van der Waals surface area contributed by atoms with E-state index < -0.39 is 90.5 Å². The molecule has 21 nitrogen and oxygen atoms in total. The maximum atomic E-state index is 13.4. The zero-order chi connectivity index (χ0) is 40.2. The molecular weight excluding hydrogens is 698 g/mol. The van der Waals surface area contributed by atoms with Gasteiger partial charge in [0.15, 0.2) is 17.5 Å². The standard InChI is InChI=1S/C32H51N11O10/c1-17(41-29(50)21(33)13-19-6-8-20(44)9-7-19)28(49)42-23(5-4-12-38-32(37)53-27(48)16-43(3)31(35)36)25(46)15-40-22(10-11-26(34)47)24(45)14-39-18(2)30(51)52/h6-9,17-18,21-23,39-40,44H,4-5,10-16,33H2,1-3H3,(H2,34,47)(H3,35,36)(H2,37,38)(H,41,50)(H,42,49)(H,51,52). The Labute approximate surface area is 306 Å². The maximum absolute atomic E-state index is 13.4. The number of nitrogens with zero attached hydrogens (tertiary/aromatic N) is 1. The van der Waals surface area contributed by atoms with Gasteiger partial charge in [-0.05, 0) is 57.2 Å². The van der Waals surface area contributed by atoms with E-state index in [-0.39, 0.29) is 56.9 Å². The number of nitrogens with two attached hydrogens (primary N) is 3. The fourth-order valence-corrected chi connectivity index (χ4v) is 4.42. The van der Waals surface area contributed by atoms with Crippen LogP contribution in [0.4, 0.5) is 0 Å². The van der Waals surface area contributed by atoms with Crippen LogP contribution in [0.2, 0.25) is 0 Å². The number of carboxylic acids is 1. The lowest BCUT2D eigenvalue weighted by Crippen LogP contribution is -2.55. The molecule has 0 heterocycles. The highest BCUT2D eigenvalue weighted by Crippen LogP contribution is 2.11. The number of hydrogen-bond donors (Lipinski definition) is 12. The van der Waals surface area contributed by atoms with Crippen LogP contribution in [0, 0.1) is 10.8 Å². The van der Waals surface area contributed by atoms with E-state index in [0.717, 1.165) is 4.90 Å². The molecule has 1 rings (SSSR count). The number of aliphatic carboxylic acids is 1. The number of carbonyl (C=O) groups is 7. The number of phenolic OH excluding ortho intramolecular Hbond substituents is 1. The molecule has 0 radical (unpaired) electrons. The minimum atomic E-state index is -1.19. The fraction of sp³-hybridized carbons (Fsp3) is 0.531. The van der Waals surface area contributed by atoms with Gasteiger partial charge in [-0.25, -0.2) is 4.79 Å². The van der Waals surface area contributed by atoms with Gasteiger partial charge >= 0.3 is 11.9 Å². The zero-order valence-corrected chi connectivity index (χ0v) is 29.9. The van der Waals surface area contributed by atoms with Gasteiger partial charge in [0.05, 0.1) is 31.2 Å². The molecule has 0 aliphatic rings. The van der Waals surface area contributed by atoms with E-state index in [0.29, 0.717) is 5.56 Å². The Morgan fingerprint density at radius 3 is 2.06 bits per heavy atom. The van der Waals surface area contributed by atoms with E-state index in [1.807, 2.05) is 0 Å². The topological polar surface area (TPSA) is 358 Å². The highest BCUT2D eigenvalue weighted by molar-refractivity contribution is 5.95. The van der Waals surface area contributed by atoms with Gasteiger partial charge in [0, 0.05) is 20.0 Å². The molecule has 0 bridgehead atoms. The van der Waals surface area contributed by atoms with Crippen LogP contribution < -0.4 is 43.8 Å². The largest absolute Gasteiger partial charge is 0.508 e. The molecule has 15 N–H and O–H groups in total. The molecule has 53 heavy (non-hydrogen) atoms. The number of phenols is 1. The summed E-state index contributed by atoms with van der Waals surface area (Å²) in [5.41, 5.74) is 17.2. The summed E-state index contributed by atoms with van der Waals surface area (Å²) in [7, 11) is 1.38. The molecule has 0 fully saturated rings. The van der Waals surface area contributed by atoms with Crippen LogP contribution in [0.3, 0.4) is 0 Å². The summed E-state index contributed by atoms with van der Waals surface area (Å²) in [6.45, 7) is 1.47. The third kappa shape index (κ3) is 18.4. The van der Waals surface area contributed by atoms with Crippen molar-refractivity contribution in [3.8, 4) is 5.75 Å². The van der Waals surface area contributed by atoms with Gasteiger partial charge in [-0.1, -0.05) is 12.1 Å². The first kappa shape index (κ1) is 45.4. The van der Waals surface area contributed by atoms with Crippen LogP contribution in [0.25, 0.3) is 0 Å². The van der Waals surface area contributed by atoms with E-state index in [4.69, 9.17) is 37.9 Å². The first-order valence-electron chi connectivity index (χ1n) is 16.6. The Bertz CT molecular complexity index is 1470. The number of primary amides is 1. The van der Waals surface area contributed by atoms with Crippen LogP contribution in [-0.4, -0.2) is 132 Å². The van der Waals surface area contributed by atoms with Crippen molar-refractivity contribution in [3.05, 3.63) is 29.8 Å². The molecule has 21 heteroatoms. The Morgan fingerprint density at radius 2 is 1.47 bits per heavy atom. The monoisotopic (exact) mass is 749 g/mol. The molecule has 0 saturated heterocycles. The van der Waals surface area contributed by atoms with Crippen molar-refractivity contribution in [2.75, 3.05) is 33.2 Å². The number of ketones is 2. The number of carboxylic acid groups (broad SMARTS) is 1. The predicted molar refractivity (Wildman–Crippen MR) is 190 cm³/mol. The van der Waals surface area contributed by atoms with Crippen molar-refractivity contribution in [2.24, 2.45) is 17.2 Å². The summed E-state index contributed by atoms with van der Waals surface area (Å²) in [4.78, 5) is 87.8. The molecule has 294 valence electrons. The fourth-order valence-electron chi connectivity index (χ4n) is 4.42. The van der Waals surface area contributed by atoms with E-state index in [9.17, 15) is 38.7 Å². The third-order valence-corrected chi connectivity index (χ3v) is 7.68.